The number of aryl methyl sites for hydroxylation is 1. The number of aliphatic hydroxyl groups is 1. The van der Waals surface area contributed by atoms with E-state index >= 15 is 0 Å². The summed E-state index contributed by atoms with van der Waals surface area (Å²) in [5.41, 5.74) is 8.59. The fourth-order valence-electron chi connectivity index (χ4n) is 3.32. The zero-order valence-electron chi connectivity index (χ0n) is 17.6. The summed E-state index contributed by atoms with van der Waals surface area (Å²) in [6.45, 7) is 5.21. The molecule has 2 aromatic rings. The van der Waals surface area contributed by atoms with Crippen molar-refractivity contribution in [1.82, 2.24) is 14.9 Å². The summed E-state index contributed by atoms with van der Waals surface area (Å²) in [4.78, 5) is 10.5. The van der Waals surface area contributed by atoms with Crippen molar-refractivity contribution in [3.05, 3.63) is 48.2 Å². The molecule has 0 saturated carbocycles. The highest BCUT2D eigenvalue weighted by atomic mass is 19.1. The molecule has 166 valence electrons. The van der Waals surface area contributed by atoms with Gasteiger partial charge in [0.1, 0.15) is 24.8 Å². The van der Waals surface area contributed by atoms with E-state index in [1.807, 2.05) is 18.2 Å². The van der Waals surface area contributed by atoms with Crippen LogP contribution in [0.4, 0.5) is 21.8 Å². The Labute approximate surface area is 180 Å². The topological polar surface area (TPSA) is 123 Å². The number of benzene rings is 1. The number of nitrogens with two attached hydrogens (primary N) is 1. The molecule has 1 aliphatic rings. The standard InChI is InChI=1S/C21H28FN7O2/c1-2-15-11-16(27-21-25-14-19(22)20(28-21)24-5-6-26-23)13-18(12-15)31-10-9-29-7-3-17(30)4-8-29/h5-6,11-14,17,23,30H,2-4,7-10H2,1H3,(H2,24,25,27,28)/p+1/b6-5-,26-23?. The van der Waals surface area contributed by atoms with E-state index in [0.29, 0.717) is 6.61 Å². The van der Waals surface area contributed by atoms with E-state index in [1.165, 1.54) is 17.7 Å². The van der Waals surface area contributed by atoms with Gasteiger partial charge in [-0.25, -0.2) is 10.5 Å². The summed E-state index contributed by atoms with van der Waals surface area (Å²) < 4.78 is 19.9. The Bertz CT molecular complexity index is 901. The average molecular weight is 431 g/mol. The molecule has 0 spiro atoms. The molecule has 0 radical (unpaired) electrons. The Hall–Kier alpha value is -2.95. The van der Waals surface area contributed by atoms with Crippen LogP contribution in [0.15, 0.2) is 41.9 Å². The number of anilines is 2. The van der Waals surface area contributed by atoms with Crippen molar-refractivity contribution in [2.24, 2.45) is 5.11 Å². The molecule has 2 heterocycles. The molecule has 0 bridgehead atoms. The molecule has 0 unspecified atom stereocenters. The van der Waals surface area contributed by atoms with Crippen LogP contribution >= 0.6 is 0 Å². The molecule has 1 saturated heterocycles. The monoisotopic (exact) mass is 430 g/mol. The number of quaternary nitrogens is 1. The van der Waals surface area contributed by atoms with E-state index in [1.54, 1.807) is 0 Å². The molecule has 1 aliphatic heterocycles. The Balaban J connectivity index is 1.64. The Morgan fingerprint density at radius 3 is 2.94 bits per heavy atom. The normalized spacial score (nSPS) is 15.3. The van der Waals surface area contributed by atoms with Crippen molar-refractivity contribution < 1.29 is 19.6 Å². The molecule has 1 aromatic carbocycles. The first kappa shape index (κ1) is 22.7. The minimum absolute atomic E-state index is 0.104. The molecule has 31 heavy (non-hydrogen) atoms. The van der Waals surface area contributed by atoms with Crippen molar-refractivity contribution in [1.29, 1.82) is 5.53 Å². The number of ether oxygens (including phenoxy) is 1. The Morgan fingerprint density at radius 2 is 2.19 bits per heavy atom. The highest BCUT2D eigenvalue weighted by Gasteiger charge is 2.16. The number of halogens is 1. The van der Waals surface area contributed by atoms with E-state index in [4.69, 9.17) is 10.3 Å². The maximum Gasteiger partial charge on any atom is 0.270 e. The van der Waals surface area contributed by atoms with Crippen LogP contribution in [0.5, 0.6) is 5.75 Å². The molecule has 5 N–H and O–H groups in total. The Morgan fingerprint density at radius 1 is 1.39 bits per heavy atom. The molecule has 10 heteroatoms. The van der Waals surface area contributed by atoms with Gasteiger partial charge in [0.15, 0.2) is 0 Å². The van der Waals surface area contributed by atoms with E-state index in [0.717, 1.165) is 62.1 Å². The van der Waals surface area contributed by atoms with Crippen LogP contribution in [0.3, 0.4) is 0 Å². The Kier molecular flexibility index (Phi) is 8.39. The van der Waals surface area contributed by atoms with Gasteiger partial charge in [0.25, 0.3) is 5.82 Å². The summed E-state index contributed by atoms with van der Waals surface area (Å²) >= 11 is 0. The van der Waals surface area contributed by atoms with Crippen LogP contribution in [0.1, 0.15) is 25.3 Å². The first-order chi connectivity index (χ1) is 15.1. The molecular formula is C21H29FN7O2+. The zero-order chi connectivity index (χ0) is 22.1. The van der Waals surface area contributed by atoms with Crippen molar-refractivity contribution in [2.45, 2.75) is 32.3 Å². The van der Waals surface area contributed by atoms with Crippen molar-refractivity contribution in [3.8, 4) is 5.75 Å². The van der Waals surface area contributed by atoms with Gasteiger partial charge in [0.05, 0.1) is 12.3 Å². The minimum Gasteiger partial charge on any atom is -0.492 e. The number of nitrogens with one attached hydrogen (secondary N) is 2. The number of hydrogen-bond donors (Lipinski definition) is 4. The van der Waals surface area contributed by atoms with Gasteiger partial charge < -0.3 is 15.2 Å². The van der Waals surface area contributed by atoms with E-state index in [9.17, 15) is 9.50 Å². The third-order valence-corrected chi connectivity index (χ3v) is 5.05. The van der Waals surface area contributed by atoms with Crippen LogP contribution in [-0.4, -0.2) is 52.3 Å². The third kappa shape index (κ3) is 7.06. The van der Waals surface area contributed by atoms with Gasteiger partial charge in [-0.1, -0.05) is 6.92 Å². The largest absolute Gasteiger partial charge is 0.492 e. The molecule has 1 aromatic heterocycles. The van der Waals surface area contributed by atoms with Crippen LogP contribution in [-0.2, 0) is 6.42 Å². The number of nitrogens with zero attached hydrogens (tertiary/aromatic N) is 4. The van der Waals surface area contributed by atoms with Gasteiger partial charge in [-0.15, -0.1) is 0 Å². The van der Waals surface area contributed by atoms with Crippen LogP contribution in [0, 0.1) is 11.3 Å². The lowest BCUT2D eigenvalue weighted by molar-refractivity contribution is -0.503. The maximum absolute atomic E-state index is 13.9. The fraction of sp³-hybridized carbons (Fsp3) is 0.429. The molecule has 1 fully saturated rings. The van der Waals surface area contributed by atoms with Crippen LogP contribution < -0.4 is 15.4 Å². The molecule has 0 amide bonds. The van der Waals surface area contributed by atoms with E-state index in [-0.39, 0.29) is 17.9 Å². The smallest absolute Gasteiger partial charge is 0.270 e. The highest BCUT2D eigenvalue weighted by molar-refractivity contribution is 5.58. The van der Waals surface area contributed by atoms with Crippen molar-refractivity contribution in [2.75, 3.05) is 31.6 Å². The maximum atomic E-state index is 13.9. The first-order valence-electron chi connectivity index (χ1n) is 10.4. The predicted molar refractivity (Wildman–Crippen MR) is 114 cm³/mol. The lowest BCUT2D eigenvalue weighted by Gasteiger charge is -2.29. The molecule has 3 rings (SSSR count). The number of piperidine rings is 1. The highest BCUT2D eigenvalue weighted by Crippen LogP contribution is 2.24. The number of aliphatic hydroxyl groups excluding tert-OH is 1. The second-order valence-electron chi connectivity index (χ2n) is 7.33. The molecule has 0 atom stereocenters. The van der Waals surface area contributed by atoms with Crippen molar-refractivity contribution >= 4 is 17.5 Å². The lowest BCUT2D eigenvalue weighted by atomic mass is 10.1. The van der Waals surface area contributed by atoms with Gasteiger partial charge in [-0.05, 0) is 37.0 Å². The predicted octanol–water partition coefficient (Wildman–Crippen LogP) is 2.45. The van der Waals surface area contributed by atoms with Gasteiger partial charge in [0.2, 0.25) is 11.8 Å². The van der Waals surface area contributed by atoms with Gasteiger partial charge in [-0.3, -0.25) is 10.2 Å². The van der Waals surface area contributed by atoms with Crippen molar-refractivity contribution in [3.63, 3.8) is 0 Å². The van der Waals surface area contributed by atoms with Gasteiger partial charge in [-0.2, -0.15) is 14.5 Å². The fourth-order valence-corrected chi connectivity index (χ4v) is 3.32. The van der Waals surface area contributed by atoms with Gasteiger partial charge >= 0.3 is 0 Å². The summed E-state index contributed by atoms with van der Waals surface area (Å²) in [6, 6.07) is 5.85. The third-order valence-electron chi connectivity index (χ3n) is 5.05. The number of aromatic nitrogens is 2. The summed E-state index contributed by atoms with van der Waals surface area (Å²) in [7, 11) is 0. The van der Waals surface area contributed by atoms with Gasteiger partial charge in [0, 0.05) is 31.4 Å². The quantitative estimate of drug-likeness (QED) is 0.429. The van der Waals surface area contributed by atoms with Crippen LogP contribution in [0.2, 0.25) is 0 Å². The zero-order valence-corrected chi connectivity index (χ0v) is 17.6. The number of hydrogen-bond acceptors (Lipinski definition) is 8. The van der Waals surface area contributed by atoms with E-state index in [2.05, 4.69) is 32.2 Å². The molecule has 9 nitrogen and oxygen atoms in total. The summed E-state index contributed by atoms with van der Waals surface area (Å²) in [5.74, 6) is 0.548. The first-order valence-corrected chi connectivity index (χ1v) is 10.4. The second-order valence-corrected chi connectivity index (χ2v) is 7.33. The van der Waals surface area contributed by atoms with Crippen LogP contribution in [0.25, 0.3) is 0 Å². The summed E-state index contributed by atoms with van der Waals surface area (Å²) in [6.07, 6.45) is 6.05. The number of likely N-dealkylation sites (tertiary alicyclic amines) is 1. The molecular weight excluding hydrogens is 401 g/mol. The second kappa shape index (κ2) is 11.4. The number of rotatable bonds is 10. The SMILES string of the molecule is CCc1cc(Nc2ncc(F)c([NH2+]/C=C\N=N)n2)cc(OCCN2CCC(O)CC2)c1. The summed E-state index contributed by atoms with van der Waals surface area (Å²) in [5, 5.41) is 17.2. The molecule has 0 aliphatic carbocycles. The van der Waals surface area contributed by atoms with E-state index < -0.39 is 5.82 Å². The minimum atomic E-state index is -0.559. The lowest BCUT2D eigenvalue weighted by Crippen LogP contribution is -2.72. The average Bonchev–Trinajstić information content (AvgIpc) is 2.77.